The van der Waals surface area contributed by atoms with E-state index in [9.17, 15) is 9.18 Å². The van der Waals surface area contributed by atoms with E-state index in [1.807, 2.05) is 0 Å². The first-order valence-corrected chi connectivity index (χ1v) is 3.59. The number of hydrogen-bond acceptors (Lipinski definition) is 1. The molecule has 10 heavy (non-hydrogen) atoms. The molecule has 0 spiro atoms. The second-order valence-corrected chi connectivity index (χ2v) is 2.76. The van der Waals surface area contributed by atoms with Crippen molar-refractivity contribution in [3.8, 4) is 0 Å². The molecule has 0 fully saturated rings. The van der Waals surface area contributed by atoms with Gasteiger partial charge in [0.1, 0.15) is 6.17 Å². The quantitative estimate of drug-likeness (QED) is 0.426. The first-order chi connectivity index (χ1) is 4.70. The van der Waals surface area contributed by atoms with E-state index in [1.54, 1.807) is 6.08 Å². The van der Waals surface area contributed by atoms with Gasteiger partial charge in [-0.2, -0.15) is 0 Å². The molecule has 3 heteroatoms. The molecule has 2 unspecified atom stereocenters. The number of halogens is 2. The van der Waals surface area contributed by atoms with Gasteiger partial charge in [0.15, 0.2) is 0 Å². The Bertz CT molecular complexity index is 167. The summed E-state index contributed by atoms with van der Waals surface area (Å²) in [7, 11) is 0. The van der Waals surface area contributed by atoms with E-state index in [1.165, 1.54) is 6.08 Å². The Balaban J connectivity index is 2.53. The lowest BCUT2D eigenvalue weighted by atomic mass is 9.96. The van der Waals surface area contributed by atoms with Gasteiger partial charge in [0.25, 0.3) is 0 Å². The first-order valence-electron chi connectivity index (χ1n) is 3.22. The average Bonchev–Trinajstić information content (AvgIpc) is 1.88. The van der Waals surface area contributed by atoms with Gasteiger partial charge in [0, 0.05) is 0 Å². The van der Waals surface area contributed by atoms with Crippen LogP contribution in [-0.2, 0) is 4.79 Å². The normalized spacial score (nSPS) is 32.2. The van der Waals surface area contributed by atoms with Crippen molar-refractivity contribution in [2.45, 2.75) is 19.0 Å². The number of rotatable bonds is 1. The molecular weight excluding hydrogens is 155 g/mol. The minimum Gasteiger partial charge on any atom is -0.281 e. The van der Waals surface area contributed by atoms with E-state index in [2.05, 4.69) is 0 Å². The second kappa shape index (κ2) is 3.15. The number of hydrogen-bond donors (Lipinski definition) is 0. The van der Waals surface area contributed by atoms with Gasteiger partial charge >= 0.3 is 0 Å². The lowest BCUT2D eigenvalue weighted by Crippen LogP contribution is -2.13. The maximum Gasteiger partial charge on any atom is 0.228 e. The summed E-state index contributed by atoms with van der Waals surface area (Å²) in [5.41, 5.74) is 0. The summed E-state index contributed by atoms with van der Waals surface area (Å²) in [5.74, 6) is -0.256. The van der Waals surface area contributed by atoms with Gasteiger partial charge in [-0.25, -0.2) is 4.39 Å². The van der Waals surface area contributed by atoms with E-state index in [0.717, 1.165) is 0 Å². The van der Waals surface area contributed by atoms with Crippen LogP contribution in [0, 0.1) is 5.92 Å². The van der Waals surface area contributed by atoms with Gasteiger partial charge in [-0.1, -0.05) is 12.2 Å². The van der Waals surface area contributed by atoms with Crippen LogP contribution in [0.1, 0.15) is 12.8 Å². The standard InChI is InChI=1S/C7H8ClFO/c8-7(10)5-1-3-6(9)4-2-5/h1,3,5-6H,2,4H2. The van der Waals surface area contributed by atoms with Crippen LogP contribution in [0.2, 0.25) is 0 Å². The summed E-state index contributed by atoms with van der Waals surface area (Å²) in [6, 6.07) is 0. The van der Waals surface area contributed by atoms with Crippen LogP contribution in [0.25, 0.3) is 0 Å². The van der Waals surface area contributed by atoms with Gasteiger partial charge in [-0.15, -0.1) is 0 Å². The van der Waals surface area contributed by atoms with Crippen LogP contribution in [0.4, 0.5) is 4.39 Å². The SMILES string of the molecule is O=C(Cl)C1C=CC(F)CC1. The fourth-order valence-electron chi connectivity index (χ4n) is 0.975. The van der Waals surface area contributed by atoms with Gasteiger partial charge in [-0.05, 0) is 24.4 Å². The highest BCUT2D eigenvalue weighted by Crippen LogP contribution is 2.21. The Morgan fingerprint density at radius 1 is 1.50 bits per heavy atom. The number of carbonyl (C=O) groups is 1. The summed E-state index contributed by atoms with van der Waals surface area (Å²) >= 11 is 5.19. The predicted molar refractivity (Wildman–Crippen MR) is 37.6 cm³/mol. The molecule has 2 atom stereocenters. The molecule has 1 aliphatic carbocycles. The monoisotopic (exact) mass is 162 g/mol. The average molecular weight is 163 g/mol. The van der Waals surface area contributed by atoms with Crippen LogP contribution < -0.4 is 0 Å². The molecular formula is C7H8ClFO. The number of allylic oxidation sites excluding steroid dienone is 2. The van der Waals surface area contributed by atoms with Crippen LogP contribution in [0.3, 0.4) is 0 Å². The zero-order chi connectivity index (χ0) is 7.56. The van der Waals surface area contributed by atoms with Crippen LogP contribution in [-0.4, -0.2) is 11.4 Å². The molecule has 0 amide bonds. The van der Waals surface area contributed by atoms with Crippen molar-refractivity contribution in [1.82, 2.24) is 0 Å². The maximum absolute atomic E-state index is 12.4. The fourth-order valence-corrected chi connectivity index (χ4v) is 1.16. The van der Waals surface area contributed by atoms with Crippen molar-refractivity contribution in [1.29, 1.82) is 0 Å². The van der Waals surface area contributed by atoms with Gasteiger partial charge < -0.3 is 0 Å². The number of carbonyl (C=O) groups excluding carboxylic acids is 1. The molecule has 56 valence electrons. The largest absolute Gasteiger partial charge is 0.281 e. The van der Waals surface area contributed by atoms with Gasteiger partial charge in [0.2, 0.25) is 5.24 Å². The van der Waals surface area contributed by atoms with Gasteiger partial charge in [0.05, 0.1) is 5.92 Å². The van der Waals surface area contributed by atoms with Crippen LogP contribution in [0.15, 0.2) is 12.2 Å². The summed E-state index contributed by atoms with van der Waals surface area (Å²) in [4.78, 5) is 10.5. The lowest BCUT2D eigenvalue weighted by Gasteiger charge is -2.13. The van der Waals surface area contributed by atoms with Crippen molar-refractivity contribution in [3.05, 3.63) is 12.2 Å². The molecule has 0 aromatic carbocycles. The fraction of sp³-hybridized carbons (Fsp3) is 0.571. The highest BCUT2D eigenvalue weighted by Gasteiger charge is 2.19. The molecule has 1 rings (SSSR count). The maximum atomic E-state index is 12.4. The molecule has 0 heterocycles. The Kier molecular flexibility index (Phi) is 2.44. The molecule has 0 saturated carbocycles. The molecule has 1 nitrogen and oxygen atoms in total. The molecule has 0 aromatic heterocycles. The highest BCUT2D eigenvalue weighted by molar-refractivity contribution is 6.64. The third kappa shape index (κ3) is 1.81. The summed E-state index contributed by atoms with van der Waals surface area (Å²) < 4.78 is 12.4. The minimum atomic E-state index is -0.882. The molecule has 0 N–H and O–H groups in total. The molecule has 0 bridgehead atoms. The Hall–Kier alpha value is -0.370. The van der Waals surface area contributed by atoms with Crippen LogP contribution >= 0.6 is 11.6 Å². The topological polar surface area (TPSA) is 17.1 Å². The Morgan fingerprint density at radius 2 is 2.20 bits per heavy atom. The molecule has 0 saturated heterocycles. The smallest absolute Gasteiger partial charge is 0.228 e. The van der Waals surface area contributed by atoms with E-state index >= 15 is 0 Å². The molecule has 0 aromatic rings. The minimum absolute atomic E-state index is 0.256. The van der Waals surface area contributed by atoms with Crippen molar-refractivity contribution >= 4 is 16.8 Å². The van der Waals surface area contributed by atoms with Crippen molar-refractivity contribution in [2.24, 2.45) is 5.92 Å². The summed E-state index contributed by atoms with van der Waals surface area (Å²) in [6.45, 7) is 0. The number of alkyl halides is 1. The molecule has 0 aliphatic heterocycles. The van der Waals surface area contributed by atoms with Gasteiger partial charge in [-0.3, -0.25) is 4.79 Å². The van der Waals surface area contributed by atoms with E-state index in [0.29, 0.717) is 12.8 Å². The first kappa shape index (κ1) is 7.73. The van der Waals surface area contributed by atoms with Crippen LogP contribution in [0.5, 0.6) is 0 Å². The Morgan fingerprint density at radius 3 is 2.60 bits per heavy atom. The Labute approximate surface area is 63.9 Å². The highest BCUT2D eigenvalue weighted by atomic mass is 35.5. The third-order valence-corrected chi connectivity index (χ3v) is 1.88. The lowest BCUT2D eigenvalue weighted by molar-refractivity contribution is -0.114. The molecule has 0 radical (unpaired) electrons. The summed E-state index contributed by atoms with van der Waals surface area (Å²) in [5, 5.41) is -0.386. The van der Waals surface area contributed by atoms with Crippen molar-refractivity contribution < 1.29 is 9.18 Å². The van der Waals surface area contributed by atoms with Crippen molar-refractivity contribution in [3.63, 3.8) is 0 Å². The van der Waals surface area contributed by atoms with E-state index in [4.69, 9.17) is 11.6 Å². The van der Waals surface area contributed by atoms with E-state index < -0.39 is 6.17 Å². The zero-order valence-electron chi connectivity index (χ0n) is 5.39. The predicted octanol–water partition coefficient (Wildman–Crippen LogP) is 2.06. The second-order valence-electron chi connectivity index (χ2n) is 2.39. The third-order valence-electron chi connectivity index (χ3n) is 1.60. The molecule has 1 aliphatic rings. The summed E-state index contributed by atoms with van der Waals surface area (Å²) in [6.07, 6.45) is 3.02. The van der Waals surface area contributed by atoms with Crippen molar-refractivity contribution in [2.75, 3.05) is 0 Å². The zero-order valence-corrected chi connectivity index (χ0v) is 6.14. The van der Waals surface area contributed by atoms with E-state index in [-0.39, 0.29) is 11.2 Å².